The fraction of sp³-hybridized carbons (Fsp3) is 0.500. The van der Waals surface area contributed by atoms with Crippen molar-refractivity contribution in [1.82, 2.24) is 13.5 Å². The number of nitrogens with one attached hydrogen (secondary N) is 1. The largest absolute Gasteiger partial charge is 0.326 e. The van der Waals surface area contributed by atoms with Crippen LogP contribution in [0.2, 0.25) is 0 Å². The molecular weight excluding hydrogens is 512 g/mol. The van der Waals surface area contributed by atoms with Gasteiger partial charge in [-0.3, -0.25) is 4.79 Å². The fourth-order valence-electron chi connectivity index (χ4n) is 5.21. The second-order valence-electron chi connectivity index (χ2n) is 10.2. The third-order valence-corrected chi connectivity index (χ3v) is 11.3. The Morgan fingerprint density at radius 2 is 1.43 bits per heavy atom. The van der Waals surface area contributed by atoms with Crippen molar-refractivity contribution in [3.63, 3.8) is 0 Å². The molecule has 2 aliphatic rings. The van der Waals surface area contributed by atoms with E-state index in [0.717, 1.165) is 5.56 Å². The van der Waals surface area contributed by atoms with E-state index in [4.69, 9.17) is 0 Å². The molecule has 202 valence electrons. The Morgan fingerprint density at radius 1 is 0.838 bits per heavy atom. The van der Waals surface area contributed by atoms with Gasteiger partial charge in [0, 0.05) is 45.0 Å². The van der Waals surface area contributed by atoms with Crippen molar-refractivity contribution < 1.29 is 21.6 Å². The second-order valence-corrected chi connectivity index (χ2v) is 14.0. The number of benzene rings is 2. The summed E-state index contributed by atoms with van der Waals surface area (Å²) >= 11 is 0. The van der Waals surface area contributed by atoms with Crippen molar-refractivity contribution in [3.8, 4) is 0 Å². The predicted octanol–water partition coefficient (Wildman–Crippen LogP) is 2.59. The van der Waals surface area contributed by atoms with Crippen LogP contribution in [0, 0.1) is 26.7 Å². The summed E-state index contributed by atoms with van der Waals surface area (Å²) in [6.07, 6.45) is 1.17. The van der Waals surface area contributed by atoms with Gasteiger partial charge in [0.2, 0.25) is 26.0 Å². The number of hydrogen-bond acceptors (Lipinski definition) is 6. The van der Waals surface area contributed by atoms with Gasteiger partial charge >= 0.3 is 0 Å². The maximum absolute atomic E-state index is 13.5. The highest BCUT2D eigenvalue weighted by Crippen LogP contribution is 2.29. The normalized spacial score (nSPS) is 20.6. The number of aryl methyl sites for hydroxylation is 3. The zero-order valence-electron chi connectivity index (χ0n) is 21.9. The lowest BCUT2D eigenvalue weighted by Crippen LogP contribution is -2.47. The Balaban J connectivity index is 1.43. The van der Waals surface area contributed by atoms with Crippen LogP contribution < -0.4 is 5.32 Å². The maximum atomic E-state index is 13.5. The molecule has 9 nitrogen and oxygen atoms in total. The molecule has 2 aromatic carbocycles. The van der Waals surface area contributed by atoms with Crippen LogP contribution in [-0.2, 0) is 24.8 Å². The van der Waals surface area contributed by atoms with Crippen LogP contribution in [0.5, 0.6) is 0 Å². The van der Waals surface area contributed by atoms with E-state index in [2.05, 4.69) is 10.2 Å². The van der Waals surface area contributed by atoms with Crippen molar-refractivity contribution in [2.45, 2.75) is 43.4 Å². The molecule has 11 heteroatoms. The minimum absolute atomic E-state index is 0.108. The van der Waals surface area contributed by atoms with Gasteiger partial charge in [0.05, 0.1) is 15.7 Å². The molecule has 2 aliphatic heterocycles. The van der Waals surface area contributed by atoms with E-state index in [1.807, 2.05) is 26.1 Å². The molecule has 0 aliphatic carbocycles. The summed E-state index contributed by atoms with van der Waals surface area (Å²) in [6, 6.07) is 9.89. The molecule has 0 aromatic heterocycles. The Hall–Kier alpha value is -2.31. The first-order valence-electron chi connectivity index (χ1n) is 12.6. The average Bonchev–Trinajstić information content (AvgIpc) is 2.84. The molecular formula is C26H36N4O5S2. The van der Waals surface area contributed by atoms with Gasteiger partial charge in [0.25, 0.3) is 0 Å². The summed E-state index contributed by atoms with van der Waals surface area (Å²) in [5.74, 6) is -0.768. The molecule has 0 bridgehead atoms. The highest BCUT2D eigenvalue weighted by Gasteiger charge is 2.35. The molecule has 2 heterocycles. The number of anilines is 1. The molecule has 0 radical (unpaired) electrons. The Bertz CT molecular complexity index is 1340. The number of hydrogen-bond donors (Lipinski definition) is 1. The molecule has 4 rings (SSSR count). The summed E-state index contributed by atoms with van der Waals surface area (Å²) in [6.45, 7) is 8.28. The second kappa shape index (κ2) is 10.8. The van der Waals surface area contributed by atoms with E-state index in [1.165, 1.54) is 20.7 Å². The van der Waals surface area contributed by atoms with Crippen LogP contribution >= 0.6 is 0 Å². The standard InChI is InChI=1S/C26H36N4O5S2/c1-19-16-20(2)25(21(3)17-19)37(34,35)30-11-5-6-22(18-30)26(31)27-23-7-9-24(10-8-23)36(32,33)29-14-12-28(4)13-15-29/h7-10,16-17,22H,5-6,11-15,18H2,1-4H3,(H,27,31)/t22-/m1/s1. The van der Waals surface area contributed by atoms with Gasteiger partial charge in [0.1, 0.15) is 0 Å². The molecule has 2 aromatic rings. The number of rotatable bonds is 6. The average molecular weight is 549 g/mol. The maximum Gasteiger partial charge on any atom is 0.243 e. The lowest BCUT2D eigenvalue weighted by atomic mass is 9.99. The molecule has 1 atom stereocenters. The highest BCUT2D eigenvalue weighted by molar-refractivity contribution is 7.89. The summed E-state index contributed by atoms with van der Waals surface area (Å²) in [7, 11) is -5.36. The minimum atomic E-state index is -3.74. The topological polar surface area (TPSA) is 107 Å². The number of piperazine rings is 1. The van der Waals surface area contributed by atoms with E-state index >= 15 is 0 Å². The third kappa shape index (κ3) is 5.91. The van der Waals surface area contributed by atoms with E-state index in [0.29, 0.717) is 67.3 Å². The van der Waals surface area contributed by atoms with Crippen LogP contribution in [0.4, 0.5) is 5.69 Å². The van der Waals surface area contributed by atoms with Gasteiger partial charge in [-0.2, -0.15) is 8.61 Å². The lowest BCUT2D eigenvalue weighted by molar-refractivity contribution is -0.120. The van der Waals surface area contributed by atoms with Gasteiger partial charge in [0.15, 0.2) is 0 Å². The first-order valence-corrected chi connectivity index (χ1v) is 15.5. The van der Waals surface area contributed by atoms with Crippen LogP contribution in [0.25, 0.3) is 0 Å². The van der Waals surface area contributed by atoms with E-state index < -0.39 is 26.0 Å². The smallest absolute Gasteiger partial charge is 0.243 e. The van der Waals surface area contributed by atoms with Crippen molar-refractivity contribution in [3.05, 3.63) is 53.1 Å². The summed E-state index contributed by atoms with van der Waals surface area (Å²) in [4.78, 5) is 15.6. The monoisotopic (exact) mass is 548 g/mol. The first-order chi connectivity index (χ1) is 17.4. The lowest BCUT2D eigenvalue weighted by Gasteiger charge is -2.32. The Kier molecular flexibility index (Phi) is 8.10. The van der Waals surface area contributed by atoms with Gasteiger partial charge in [-0.1, -0.05) is 17.7 Å². The molecule has 2 fully saturated rings. The Morgan fingerprint density at radius 3 is 2.03 bits per heavy atom. The number of amides is 1. The highest BCUT2D eigenvalue weighted by atomic mass is 32.2. The van der Waals surface area contributed by atoms with E-state index in [-0.39, 0.29) is 17.3 Å². The minimum Gasteiger partial charge on any atom is -0.326 e. The summed E-state index contributed by atoms with van der Waals surface area (Å²) in [5, 5.41) is 2.84. The number of likely N-dealkylation sites (N-methyl/N-ethyl adjacent to an activating group) is 1. The number of sulfonamides is 2. The summed E-state index contributed by atoms with van der Waals surface area (Å²) in [5.41, 5.74) is 2.89. The van der Waals surface area contributed by atoms with Crippen molar-refractivity contribution in [2.24, 2.45) is 5.92 Å². The number of carbonyl (C=O) groups excluding carboxylic acids is 1. The SMILES string of the molecule is Cc1cc(C)c(S(=O)(=O)N2CCC[C@@H](C(=O)Nc3ccc(S(=O)(=O)N4CCN(C)CC4)cc3)C2)c(C)c1. The number of piperidine rings is 1. The zero-order valence-corrected chi connectivity index (χ0v) is 23.5. The van der Waals surface area contributed by atoms with E-state index in [9.17, 15) is 21.6 Å². The van der Waals surface area contributed by atoms with Crippen LogP contribution in [-0.4, -0.2) is 82.6 Å². The van der Waals surface area contributed by atoms with Gasteiger partial charge in [-0.05, 0) is 76.1 Å². The van der Waals surface area contributed by atoms with Crippen molar-refractivity contribution in [1.29, 1.82) is 0 Å². The molecule has 1 amide bonds. The third-order valence-electron chi connectivity index (χ3n) is 7.18. The Labute approximate surface area is 220 Å². The van der Waals surface area contributed by atoms with Gasteiger partial charge in [-0.25, -0.2) is 16.8 Å². The van der Waals surface area contributed by atoms with Crippen LogP contribution in [0.1, 0.15) is 29.5 Å². The van der Waals surface area contributed by atoms with E-state index in [1.54, 1.807) is 26.0 Å². The quantitative estimate of drug-likeness (QED) is 0.595. The van der Waals surface area contributed by atoms with Crippen LogP contribution in [0.15, 0.2) is 46.2 Å². The van der Waals surface area contributed by atoms with Crippen LogP contribution in [0.3, 0.4) is 0 Å². The summed E-state index contributed by atoms with van der Waals surface area (Å²) < 4.78 is 55.7. The molecule has 1 N–H and O–H groups in total. The van der Waals surface area contributed by atoms with Gasteiger partial charge in [-0.15, -0.1) is 0 Å². The number of nitrogens with zero attached hydrogens (tertiary/aromatic N) is 3. The van der Waals surface area contributed by atoms with Crippen molar-refractivity contribution >= 4 is 31.6 Å². The molecule has 0 spiro atoms. The molecule has 37 heavy (non-hydrogen) atoms. The number of carbonyl (C=O) groups is 1. The molecule has 2 saturated heterocycles. The van der Waals surface area contributed by atoms with Gasteiger partial charge < -0.3 is 10.2 Å². The zero-order chi connectivity index (χ0) is 27.0. The molecule has 0 saturated carbocycles. The van der Waals surface area contributed by atoms with Crippen molar-refractivity contribution in [2.75, 3.05) is 51.6 Å². The first kappa shape index (κ1) is 27.7. The predicted molar refractivity (Wildman–Crippen MR) is 143 cm³/mol. The fourth-order valence-corrected chi connectivity index (χ4v) is 8.57. The molecule has 0 unspecified atom stereocenters.